The van der Waals surface area contributed by atoms with E-state index in [1.54, 1.807) is 13.3 Å². The molecule has 4 heterocycles. The molecule has 0 saturated carbocycles. The Morgan fingerprint density at radius 3 is 2.91 bits per heavy atom. The normalized spacial score (nSPS) is 25.1. The summed E-state index contributed by atoms with van der Waals surface area (Å²) in [6.45, 7) is 3.24. The van der Waals surface area contributed by atoms with Crippen molar-refractivity contribution in [2.24, 2.45) is 10.9 Å². The van der Waals surface area contributed by atoms with Crippen molar-refractivity contribution in [1.82, 2.24) is 9.88 Å². The molecule has 0 bridgehead atoms. The number of pyridine rings is 1. The van der Waals surface area contributed by atoms with Gasteiger partial charge >= 0.3 is 0 Å². The highest BCUT2D eigenvalue weighted by molar-refractivity contribution is 5.80. The Hall–Kier alpha value is -2.96. The van der Waals surface area contributed by atoms with Gasteiger partial charge in [-0.25, -0.2) is 0 Å². The van der Waals surface area contributed by atoms with Crippen LogP contribution >= 0.6 is 0 Å². The van der Waals surface area contributed by atoms with Crippen LogP contribution in [0.25, 0.3) is 5.57 Å². The van der Waals surface area contributed by atoms with E-state index in [4.69, 9.17) is 9.47 Å². The predicted octanol–water partition coefficient (Wildman–Crippen LogP) is 3.87. The van der Waals surface area contributed by atoms with Crippen LogP contribution in [-0.4, -0.2) is 60.6 Å². The van der Waals surface area contributed by atoms with Crippen LogP contribution in [0.5, 0.6) is 11.5 Å². The number of nitrogens with zero attached hydrogens (tertiary/aromatic N) is 3. The highest BCUT2D eigenvalue weighted by Crippen LogP contribution is 2.40. The molecule has 6 heteroatoms. The van der Waals surface area contributed by atoms with Crippen LogP contribution in [0.15, 0.2) is 65.8 Å². The summed E-state index contributed by atoms with van der Waals surface area (Å²) < 4.78 is 11.6. The van der Waals surface area contributed by atoms with Crippen molar-refractivity contribution < 1.29 is 14.6 Å². The first-order valence-electron chi connectivity index (χ1n) is 11.7. The quantitative estimate of drug-likeness (QED) is 0.757. The van der Waals surface area contributed by atoms with Crippen molar-refractivity contribution in [2.45, 2.75) is 30.9 Å². The first-order chi connectivity index (χ1) is 16.2. The zero-order chi connectivity index (χ0) is 22.7. The number of hydrogen-bond donors (Lipinski definition) is 1. The lowest BCUT2D eigenvalue weighted by molar-refractivity contribution is -0.0288. The molecule has 172 valence electrons. The number of aromatic nitrogens is 1. The van der Waals surface area contributed by atoms with Crippen LogP contribution in [-0.2, 0) is 5.60 Å². The highest BCUT2D eigenvalue weighted by atomic mass is 16.5. The third-order valence-electron chi connectivity index (χ3n) is 7.00. The number of ether oxygens (including phenoxy) is 2. The van der Waals surface area contributed by atoms with Gasteiger partial charge in [0, 0.05) is 43.5 Å². The first kappa shape index (κ1) is 21.9. The third-order valence-corrected chi connectivity index (χ3v) is 7.00. The fraction of sp³-hybridized carbons (Fsp3) is 0.407. The molecule has 1 fully saturated rings. The van der Waals surface area contributed by atoms with Crippen molar-refractivity contribution in [3.63, 3.8) is 0 Å². The molecule has 1 aromatic heterocycles. The number of piperidine rings is 1. The standard InChI is InChI=1S/C27H31N3O3/c1-32-20-9-10-25-23(18-20)21(22-6-4-14-28-24(22)19-33-25)7-5-15-30-16-11-27(31,12-17-30)26-8-2-3-13-29-26/h2-4,6-10,13-14,18,22,24,31H,5,11-12,15-17,19H2,1H3/b21-7+. The van der Waals surface area contributed by atoms with Gasteiger partial charge in [-0.1, -0.05) is 18.2 Å². The molecule has 2 aromatic rings. The van der Waals surface area contributed by atoms with Gasteiger partial charge in [-0.05, 0) is 61.2 Å². The Labute approximate surface area is 195 Å². The largest absolute Gasteiger partial charge is 0.497 e. The Kier molecular flexibility index (Phi) is 6.29. The van der Waals surface area contributed by atoms with Crippen molar-refractivity contribution in [1.29, 1.82) is 0 Å². The van der Waals surface area contributed by atoms with Crippen LogP contribution < -0.4 is 9.47 Å². The molecule has 1 N–H and O–H groups in total. The Balaban J connectivity index is 1.30. The molecular weight excluding hydrogens is 414 g/mol. The summed E-state index contributed by atoms with van der Waals surface area (Å²) >= 11 is 0. The van der Waals surface area contributed by atoms with Gasteiger partial charge in [0.05, 0.1) is 18.8 Å². The lowest BCUT2D eigenvalue weighted by atomic mass is 9.85. The van der Waals surface area contributed by atoms with Crippen molar-refractivity contribution in [3.8, 4) is 11.5 Å². The molecule has 1 saturated heterocycles. The molecule has 2 unspecified atom stereocenters. The molecule has 2 atom stereocenters. The number of methoxy groups -OCH3 is 1. The number of allylic oxidation sites excluding steroid dienone is 1. The minimum absolute atomic E-state index is 0.0861. The number of fused-ring (bicyclic) bond motifs is 2. The van der Waals surface area contributed by atoms with Crippen molar-refractivity contribution in [3.05, 3.63) is 72.1 Å². The van der Waals surface area contributed by atoms with E-state index in [-0.39, 0.29) is 12.0 Å². The topological polar surface area (TPSA) is 67.2 Å². The van der Waals surface area contributed by atoms with Gasteiger partial charge in [0.25, 0.3) is 0 Å². The molecule has 5 rings (SSSR count). The van der Waals surface area contributed by atoms with Gasteiger partial charge < -0.3 is 19.5 Å². The molecule has 0 aliphatic carbocycles. The fourth-order valence-electron chi connectivity index (χ4n) is 5.04. The van der Waals surface area contributed by atoms with Crippen molar-refractivity contribution >= 4 is 11.8 Å². The zero-order valence-corrected chi connectivity index (χ0v) is 19.1. The predicted molar refractivity (Wildman–Crippen MR) is 130 cm³/mol. The second-order valence-electron chi connectivity index (χ2n) is 8.99. The Morgan fingerprint density at radius 2 is 2.12 bits per heavy atom. The lowest BCUT2D eigenvalue weighted by Gasteiger charge is -2.37. The molecule has 0 radical (unpaired) electrons. The highest BCUT2D eigenvalue weighted by Gasteiger charge is 2.35. The maximum absolute atomic E-state index is 11.1. The first-order valence-corrected chi connectivity index (χ1v) is 11.7. The second-order valence-corrected chi connectivity index (χ2v) is 8.99. The number of hydrogen-bond acceptors (Lipinski definition) is 6. The van der Waals surface area contributed by atoms with E-state index < -0.39 is 5.60 Å². The number of rotatable bonds is 5. The van der Waals surface area contributed by atoms with Crippen molar-refractivity contribution in [2.75, 3.05) is 33.4 Å². The number of likely N-dealkylation sites (tertiary alicyclic amines) is 1. The van der Waals surface area contributed by atoms with Gasteiger partial charge in [0.1, 0.15) is 23.7 Å². The third kappa shape index (κ3) is 4.59. The minimum atomic E-state index is -0.817. The van der Waals surface area contributed by atoms with Gasteiger partial charge in [0.2, 0.25) is 0 Å². The summed E-state index contributed by atoms with van der Waals surface area (Å²) in [5.41, 5.74) is 2.31. The van der Waals surface area contributed by atoms with E-state index >= 15 is 0 Å². The molecule has 3 aliphatic rings. The molecule has 0 spiro atoms. The van der Waals surface area contributed by atoms with E-state index in [1.807, 2.05) is 42.6 Å². The Morgan fingerprint density at radius 1 is 1.24 bits per heavy atom. The summed E-state index contributed by atoms with van der Waals surface area (Å²) in [4.78, 5) is 11.5. The molecule has 6 nitrogen and oxygen atoms in total. The average Bonchev–Trinajstić information content (AvgIpc) is 3.02. The molecular formula is C27H31N3O3. The van der Waals surface area contributed by atoms with Gasteiger partial charge in [-0.15, -0.1) is 0 Å². The minimum Gasteiger partial charge on any atom is -0.497 e. The molecule has 33 heavy (non-hydrogen) atoms. The SMILES string of the molecule is COc1ccc2c(c1)/C(=C/CCN1CCC(O)(c3ccccn3)CC1)C1C=CC=NC1CO2. The van der Waals surface area contributed by atoms with E-state index in [0.717, 1.165) is 48.8 Å². The second kappa shape index (κ2) is 9.49. The number of benzene rings is 1. The summed E-state index contributed by atoms with van der Waals surface area (Å²) in [6.07, 6.45) is 12.6. The Bertz CT molecular complexity index is 1060. The summed E-state index contributed by atoms with van der Waals surface area (Å²) in [5.74, 6) is 1.91. The van der Waals surface area contributed by atoms with Gasteiger partial charge in [0.15, 0.2) is 0 Å². The summed E-state index contributed by atoms with van der Waals surface area (Å²) in [5, 5.41) is 11.1. The van der Waals surface area contributed by atoms with Crippen LogP contribution in [0.4, 0.5) is 0 Å². The van der Waals surface area contributed by atoms with E-state index in [1.165, 1.54) is 5.57 Å². The lowest BCUT2D eigenvalue weighted by Crippen LogP contribution is -2.43. The smallest absolute Gasteiger partial charge is 0.127 e. The van der Waals surface area contributed by atoms with Crippen LogP contribution in [0.2, 0.25) is 0 Å². The van der Waals surface area contributed by atoms with Crippen LogP contribution in [0.3, 0.4) is 0 Å². The maximum atomic E-state index is 11.1. The van der Waals surface area contributed by atoms with E-state index in [9.17, 15) is 5.11 Å². The molecule has 1 aromatic carbocycles. The fourth-order valence-corrected chi connectivity index (χ4v) is 5.04. The monoisotopic (exact) mass is 445 g/mol. The molecule has 0 amide bonds. The average molecular weight is 446 g/mol. The van der Waals surface area contributed by atoms with Gasteiger partial charge in [-0.3, -0.25) is 9.98 Å². The summed E-state index contributed by atoms with van der Waals surface area (Å²) in [7, 11) is 1.69. The number of dihydropyridines is 1. The molecule has 3 aliphatic heterocycles. The van der Waals surface area contributed by atoms with E-state index in [2.05, 4.69) is 33.1 Å². The maximum Gasteiger partial charge on any atom is 0.127 e. The van der Waals surface area contributed by atoms with E-state index in [0.29, 0.717) is 19.4 Å². The zero-order valence-electron chi connectivity index (χ0n) is 19.1. The van der Waals surface area contributed by atoms with Crippen LogP contribution in [0.1, 0.15) is 30.5 Å². The van der Waals surface area contributed by atoms with Gasteiger partial charge in [-0.2, -0.15) is 0 Å². The summed E-state index contributed by atoms with van der Waals surface area (Å²) in [6, 6.07) is 11.9. The van der Waals surface area contributed by atoms with Crippen LogP contribution in [0, 0.1) is 5.92 Å². The number of aliphatic hydroxyl groups is 1. The number of aliphatic imine (C=N–C) groups is 1.